The highest BCUT2D eigenvalue weighted by Crippen LogP contribution is 2.24. The average molecular weight is 372 g/mol. The SMILES string of the molecule is COc1ccc(N2CCN(C(=S)Nc3ccccc3[N+](=O)[O-])CC2)cc1. The number of piperazine rings is 1. The van der Waals surface area contributed by atoms with Gasteiger partial charge >= 0.3 is 0 Å². The molecule has 2 aromatic carbocycles. The number of benzene rings is 2. The fraction of sp³-hybridized carbons (Fsp3) is 0.278. The number of methoxy groups -OCH3 is 1. The number of hydrogen-bond acceptors (Lipinski definition) is 5. The lowest BCUT2D eigenvalue weighted by atomic mass is 10.2. The normalized spacial score (nSPS) is 14.0. The Kier molecular flexibility index (Phi) is 5.52. The molecule has 1 saturated heterocycles. The average Bonchev–Trinajstić information content (AvgIpc) is 2.68. The number of hydrogen-bond donors (Lipinski definition) is 1. The second kappa shape index (κ2) is 8.01. The number of anilines is 2. The van der Waals surface area contributed by atoms with E-state index in [1.165, 1.54) is 6.07 Å². The summed E-state index contributed by atoms with van der Waals surface area (Å²) < 4.78 is 5.19. The Morgan fingerprint density at radius 1 is 1.12 bits per heavy atom. The number of nitrogens with zero attached hydrogens (tertiary/aromatic N) is 3. The molecule has 1 fully saturated rings. The lowest BCUT2D eigenvalue weighted by Gasteiger charge is -2.37. The zero-order chi connectivity index (χ0) is 18.5. The molecule has 1 heterocycles. The van der Waals surface area contributed by atoms with Crippen molar-refractivity contribution in [2.24, 2.45) is 0 Å². The van der Waals surface area contributed by atoms with Crippen LogP contribution in [0.2, 0.25) is 0 Å². The fourth-order valence-electron chi connectivity index (χ4n) is 2.89. The first-order chi connectivity index (χ1) is 12.6. The summed E-state index contributed by atoms with van der Waals surface area (Å²) in [5.41, 5.74) is 1.58. The van der Waals surface area contributed by atoms with Crippen molar-refractivity contribution in [3.63, 3.8) is 0 Å². The van der Waals surface area contributed by atoms with Gasteiger partial charge in [-0.2, -0.15) is 0 Å². The summed E-state index contributed by atoms with van der Waals surface area (Å²) in [5.74, 6) is 0.835. The van der Waals surface area contributed by atoms with E-state index in [0.29, 0.717) is 10.8 Å². The molecule has 0 spiro atoms. The van der Waals surface area contributed by atoms with Crippen LogP contribution in [0.4, 0.5) is 17.1 Å². The molecule has 1 N–H and O–H groups in total. The lowest BCUT2D eigenvalue weighted by molar-refractivity contribution is -0.383. The second-order valence-corrected chi connectivity index (χ2v) is 6.26. The van der Waals surface area contributed by atoms with Crippen LogP contribution in [0.25, 0.3) is 0 Å². The molecule has 1 aliphatic heterocycles. The number of nitro groups is 1. The van der Waals surface area contributed by atoms with E-state index in [2.05, 4.69) is 10.2 Å². The van der Waals surface area contributed by atoms with Gasteiger partial charge in [0.25, 0.3) is 5.69 Å². The van der Waals surface area contributed by atoms with Crippen LogP contribution in [0, 0.1) is 10.1 Å². The largest absolute Gasteiger partial charge is 0.497 e. The molecule has 136 valence electrons. The van der Waals surface area contributed by atoms with Gasteiger partial charge in [0.2, 0.25) is 0 Å². The van der Waals surface area contributed by atoms with Crippen LogP contribution in [0.5, 0.6) is 5.75 Å². The van der Waals surface area contributed by atoms with Crippen LogP contribution in [-0.4, -0.2) is 48.2 Å². The second-order valence-electron chi connectivity index (χ2n) is 5.88. The van der Waals surface area contributed by atoms with E-state index in [4.69, 9.17) is 17.0 Å². The number of ether oxygens (including phenoxy) is 1. The van der Waals surface area contributed by atoms with Crippen molar-refractivity contribution in [3.8, 4) is 5.75 Å². The van der Waals surface area contributed by atoms with Crippen LogP contribution in [-0.2, 0) is 0 Å². The van der Waals surface area contributed by atoms with Gasteiger partial charge in [-0.25, -0.2) is 0 Å². The molecule has 26 heavy (non-hydrogen) atoms. The van der Waals surface area contributed by atoms with Crippen LogP contribution >= 0.6 is 12.2 Å². The molecule has 0 aliphatic carbocycles. The molecular weight excluding hydrogens is 352 g/mol. The van der Waals surface area contributed by atoms with Gasteiger partial charge in [0.05, 0.1) is 12.0 Å². The van der Waals surface area contributed by atoms with Crippen molar-refractivity contribution >= 4 is 34.4 Å². The van der Waals surface area contributed by atoms with E-state index in [1.54, 1.807) is 25.3 Å². The Hall–Kier alpha value is -2.87. The Morgan fingerprint density at radius 3 is 2.38 bits per heavy atom. The minimum Gasteiger partial charge on any atom is -0.497 e. The minimum absolute atomic E-state index is 0.0201. The lowest BCUT2D eigenvalue weighted by Crippen LogP contribution is -2.50. The zero-order valence-corrected chi connectivity index (χ0v) is 15.2. The van der Waals surface area contributed by atoms with E-state index in [0.717, 1.165) is 37.6 Å². The van der Waals surface area contributed by atoms with E-state index in [9.17, 15) is 10.1 Å². The number of para-hydroxylation sites is 2. The van der Waals surface area contributed by atoms with Gasteiger partial charge in [-0.3, -0.25) is 10.1 Å². The number of nitro benzene ring substituents is 1. The molecule has 0 amide bonds. The third-order valence-electron chi connectivity index (χ3n) is 4.35. The monoisotopic (exact) mass is 372 g/mol. The minimum atomic E-state index is -0.410. The van der Waals surface area contributed by atoms with Crippen LogP contribution < -0.4 is 15.0 Å². The molecule has 8 heteroatoms. The van der Waals surface area contributed by atoms with Crippen molar-refractivity contribution in [2.45, 2.75) is 0 Å². The number of nitrogens with one attached hydrogen (secondary N) is 1. The van der Waals surface area contributed by atoms with E-state index in [-0.39, 0.29) is 5.69 Å². The molecule has 0 saturated carbocycles. The molecule has 0 bridgehead atoms. The molecule has 0 aromatic heterocycles. The van der Waals surface area contributed by atoms with Crippen molar-refractivity contribution in [2.75, 3.05) is 43.5 Å². The van der Waals surface area contributed by atoms with Crippen molar-refractivity contribution in [3.05, 3.63) is 58.6 Å². The molecule has 3 rings (SSSR count). The van der Waals surface area contributed by atoms with E-state index < -0.39 is 4.92 Å². The zero-order valence-electron chi connectivity index (χ0n) is 14.4. The highest BCUT2D eigenvalue weighted by atomic mass is 32.1. The Balaban J connectivity index is 1.59. The highest BCUT2D eigenvalue weighted by Gasteiger charge is 2.21. The maximum absolute atomic E-state index is 11.1. The number of thiocarbonyl (C=S) groups is 1. The highest BCUT2D eigenvalue weighted by molar-refractivity contribution is 7.80. The smallest absolute Gasteiger partial charge is 0.292 e. The summed E-state index contributed by atoms with van der Waals surface area (Å²) in [6, 6.07) is 14.5. The molecule has 1 aliphatic rings. The van der Waals surface area contributed by atoms with E-state index >= 15 is 0 Å². The predicted octanol–water partition coefficient (Wildman–Crippen LogP) is 3.12. The standard InChI is InChI=1S/C18H20N4O3S/c1-25-15-8-6-14(7-9-15)20-10-12-21(13-11-20)18(26)19-16-4-2-3-5-17(16)22(23)24/h2-9H,10-13H2,1H3,(H,19,26). The molecular formula is C18H20N4O3S. The number of rotatable bonds is 4. The van der Waals surface area contributed by atoms with Crippen LogP contribution in [0.3, 0.4) is 0 Å². The summed E-state index contributed by atoms with van der Waals surface area (Å²) in [5, 5.41) is 14.6. The predicted molar refractivity (Wildman–Crippen MR) is 106 cm³/mol. The first kappa shape index (κ1) is 17.9. The van der Waals surface area contributed by atoms with Gasteiger partial charge in [0.15, 0.2) is 5.11 Å². The van der Waals surface area contributed by atoms with Gasteiger partial charge < -0.3 is 19.9 Å². The van der Waals surface area contributed by atoms with Crippen molar-refractivity contribution in [1.29, 1.82) is 0 Å². The summed E-state index contributed by atoms with van der Waals surface area (Å²) in [4.78, 5) is 15.0. The third kappa shape index (κ3) is 4.02. The van der Waals surface area contributed by atoms with Crippen LogP contribution in [0.1, 0.15) is 0 Å². The molecule has 0 atom stereocenters. The molecule has 2 aromatic rings. The summed E-state index contributed by atoms with van der Waals surface area (Å²) in [7, 11) is 1.65. The first-order valence-corrected chi connectivity index (χ1v) is 8.67. The van der Waals surface area contributed by atoms with Crippen molar-refractivity contribution in [1.82, 2.24) is 4.90 Å². The summed E-state index contributed by atoms with van der Waals surface area (Å²) in [6.45, 7) is 3.15. The Labute approximate surface area is 157 Å². The summed E-state index contributed by atoms with van der Waals surface area (Å²) in [6.07, 6.45) is 0. The molecule has 0 unspecified atom stereocenters. The van der Waals surface area contributed by atoms with Crippen molar-refractivity contribution < 1.29 is 9.66 Å². The summed E-state index contributed by atoms with van der Waals surface area (Å²) >= 11 is 5.45. The quantitative estimate of drug-likeness (QED) is 0.502. The van der Waals surface area contributed by atoms with E-state index in [1.807, 2.05) is 29.2 Å². The first-order valence-electron chi connectivity index (χ1n) is 8.27. The fourth-order valence-corrected chi connectivity index (χ4v) is 3.19. The Bertz CT molecular complexity index is 789. The molecule has 0 radical (unpaired) electrons. The maximum atomic E-state index is 11.1. The Morgan fingerprint density at radius 2 is 1.77 bits per heavy atom. The van der Waals surface area contributed by atoms with Gasteiger partial charge in [-0.1, -0.05) is 12.1 Å². The van der Waals surface area contributed by atoms with Gasteiger partial charge in [0.1, 0.15) is 11.4 Å². The van der Waals surface area contributed by atoms with Gasteiger partial charge in [0, 0.05) is 37.9 Å². The van der Waals surface area contributed by atoms with Gasteiger partial charge in [-0.15, -0.1) is 0 Å². The van der Waals surface area contributed by atoms with Gasteiger partial charge in [-0.05, 0) is 42.5 Å². The third-order valence-corrected chi connectivity index (χ3v) is 4.71. The topological polar surface area (TPSA) is 70.9 Å². The maximum Gasteiger partial charge on any atom is 0.292 e. The van der Waals surface area contributed by atoms with Crippen LogP contribution in [0.15, 0.2) is 48.5 Å². The molecule has 7 nitrogen and oxygen atoms in total.